The minimum absolute atomic E-state index is 0.190. The molecule has 0 radical (unpaired) electrons. The largest absolute Gasteiger partial charge is 0.325 e. The van der Waals surface area contributed by atoms with E-state index in [1.54, 1.807) is 25.3 Å². The summed E-state index contributed by atoms with van der Waals surface area (Å²) in [6.07, 6.45) is 1.68. The number of rotatable bonds is 4. The molecule has 6 heteroatoms. The topological polar surface area (TPSA) is 42.0 Å². The minimum atomic E-state index is -0.377. The number of hydrogen-bond acceptors (Lipinski definition) is 3. The fourth-order valence-corrected chi connectivity index (χ4v) is 2.50. The molecular formula is C14H12BrFN2OS. The zero-order valence-corrected chi connectivity index (χ0v) is 13.0. The second kappa shape index (κ2) is 6.85. The number of nitrogens with one attached hydrogen (secondary N) is 1. The first-order valence-electron chi connectivity index (χ1n) is 5.89. The Kier molecular flexibility index (Phi) is 5.14. The molecule has 1 aromatic carbocycles. The number of thioether (sulfide) groups is 1. The van der Waals surface area contributed by atoms with Crippen LogP contribution in [-0.4, -0.2) is 16.1 Å². The Labute approximate surface area is 129 Å². The van der Waals surface area contributed by atoms with Crippen LogP contribution >= 0.6 is 27.7 Å². The maximum absolute atomic E-state index is 13.0. The average molecular weight is 355 g/mol. The van der Waals surface area contributed by atoms with Crippen molar-refractivity contribution in [3.8, 4) is 0 Å². The normalized spacial score (nSPS) is 11.9. The van der Waals surface area contributed by atoms with Gasteiger partial charge in [-0.1, -0.05) is 17.8 Å². The molecule has 0 bridgehead atoms. The van der Waals surface area contributed by atoms with Crippen molar-refractivity contribution in [2.24, 2.45) is 0 Å². The Balaban J connectivity index is 1.96. The van der Waals surface area contributed by atoms with Crippen LogP contribution in [0.4, 0.5) is 10.1 Å². The predicted octanol–water partition coefficient (Wildman–Crippen LogP) is 4.10. The van der Waals surface area contributed by atoms with E-state index >= 15 is 0 Å². The van der Waals surface area contributed by atoms with Crippen LogP contribution in [0.15, 0.2) is 52.1 Å². The molecule has 0 saturated carbocycles. The van der Waals surface area contributed by atoms with Gasteiger partial charge in [-0.05, 0) is 53.2 Å². The van der Waals surface area contributed by atoms with Crippen molar-refractivity contribution in [3.63, 3.8) is 0 Å². The third-order valence-electron chi connectivity index (χ3n) is 2.46. The van der Waals surface area contributed by atoms with Gasteiger partial charge >= 0.3 is 0 Å². The second-order valence-electron chi connectivity index (χ2n) is 4.07. The summed E-state index contributed by atoms with van der Waals surface area (Å²) in [5.41, 5.74) is 0.450. The standard InChI is InChI=1S/C14H12BrFN2OS/c1-9(20-13-6-5-10(15)8-17-13)14(19)18-12-4-2-3-11(16)7-12/h2-9H,1H3,(H,18,19). The number of benzene rings is 1. The molecule has 1 aromatic heterocycles. The molecule has 0 aliphatic carbocycles. The fraction of sp³-hybridized carbons (Fsp3) is 0.143. The summed E-state index contributed by atoms with van der Waals surface area (Å²) < 4.78 is 13.9. The maximum atomic E-state index is 13.0. The lowest BCUT2D eigenvalue weighted by atomic mass is 10.3. The number of amides is 1. The van der Waals surface area contributed by atoms with E-state index in [-0.39, 0.29) is 17.0 Å². The zero-order chi connectivity index (χ0) is 14.5. The van der Waals surface area contributed by atoms with Gasteiger partial charge in [-0.15, -0.1) is 0 Å². The first-order chi connectivity index (χ1) is 9.54. The molecule has 1 N–H and O–H groups in total. The molecule has 20 heavy (non-hydrogen) atoms. The fourth-order valence-electron chi connectivity index (χ4n) is 1.48. The molecule has 1 heterocycles. The van der Waals surface area contributed by atoms with Crippen LogP contribution in [0.3, 0.4) is 0 Å². The van der Waals surface area contributed by atoms with Gasteiger partial charge in [0.05, 0.1) is 10.3 Å². The summed E-state index contributed by atoms with van der Waals surface area (Å²) in [5, 5.41) is 3.11. The second-order valence-corrected chi connectivity index (χ2v) is 6.35. The lowest BCUT2D eigenvalue weighted by Crippen LogP contribution is -2.22. The predicted molar refractivity (Wildman–Crippen MR) is 82.3 cm³/mol. The van der Waals surface area contributed by atoms with E-state index in [0.717, 1.165) is 9.50 Å². The highest BCUT2D eigenvalue weighted by Crippen LogP contribution is 2.23. The third kappa shape index (κ3) is 4.31. The molecular weight excluding hydrogens is 343 g/mol. The summed E-state index contributed by atoms with van der Waals surface area (Å²) >= 11 is 4.65. The van der Waals surface area contributed by atoms with Gasteiger partial charge < -0.3 is 5.32 Å². The van der Waals surface area contributed by atoms with Gasteiger partial charge in [-0.3, -0.25) is 4.79 Å². The molecule has 0 saturated heterocycles. The number of halogens is 2. The van der Waals surface area contributed by atoms with E-state index in [2.05, 4.69) is 26.2 Å². The lowest BCUT2D eigenvalue weighted by Gasteiger charge is -2.11. The number of hydrogen-bond donors (Lipinski definition) is 1. The summed E-state index contributed by atoms with van der Waals surface area (Å²) in [6, 6.07) is 9.52. The van der Waals surface area contributed by atoms with Crippen LogP contribution in [0.2, 0.25) is 0 Å². The average Bonchev–Trinajstić information content (AvgIpc) is 2.41. The van der Waals surface area contributed by atoms with Crippen molar-refractivity contribution in [2.45, 2.75) is 17.2 Å². The van der Waals surface area contributed by atoms with Gasteiger partial charge in [0.25, 0.3) is 0 Å². The monoisotopic (exact) mass is 354 g/mol. The molecule has 104 valence electrons. The summed E-state index contributed by atoms with van der Waals surface area (Å²) in [4.78, 5) is 16.2. The highest BCUT2D eigenvalue weighted by Gasteiger charge is 2.15. The van der Waals surface area contributed by atoms with E-state index in [0.29, 0.717) is 5.69 Å². The van der Waals surface area contributed by atoms with Crippen molar-refractivity contribution in [1.29, 1.82) is 0 Å². The number of aromatic nitrogens is 1. The van der Waals surface area contributed by atoms with E-state index in [4.69, 9.17) is 0 Å². The van der Waals surface area contributed by atoms with Crippen LogP contribution in [-0.2, 0) is 4.79 Å². The maximum Gasteiger partial charge on any atom is 0.237 e. The Bertz CT molecular complexity index is 606. The van der Waals surface area contributed by atoms with Crippen molar-refractivity contribution in [2.75, 3.05) is 5.32 Å². The van der Waals surface area contributed by atoms with Crippen LogP contribution in [0.25, 0.3) is 0 Å². The number of anilines is 1. The quantitative estimate of drug-likeness (QED) is 0.840. The van der Waals surface area contributed by atoms with Crippen molar-refractivity contribution >= 4 is 39.3 Å². The van der Waals surface area contributed by atoms with Crippen LogP contribution in [0.1, 0.15) is 6.92 Å². The molecule has 0 spiro atoms. The highest BCUT2D eigenvalue weighted by molar-refractivity contribution is 9.10. The first-order valence-corrected chi connectivity index (χ1v) is 7.56. The Morgan fingerprint density at radius 3 is 2.85 bits per heavy atom. The number of carbonyl (C=O) groups excluding carboxylic acids is 1. The molecule has 0 fully saturated rings. The van der Waals surface area contributed by atoms with Crippen LogP contribution < -0.4 is 5.32 Å². The van der Waals surface area contributed by atoms with Gasteiger partial charge in [0, 0.05) is 16.4 Å². The molecule has 1 amide bonds. The molecule has 0 aliphatic rings. The van der Waals surface area contributed by atoms with Crippen LogP contribution in [0.5, 0.6) is 0 Å². The van der Waals surface area contributed by atoms with Gasteiger partial charge in [0.2, 0.25) is 5.91 Å². The van der Waals surface area contributed by atoms with Crippen LogP contribution in [0, 0.1) is 5.82 Å². The molecule has 2 aromatic rings. The summed E-state index contributed by atoms with van der Waals surface area (Å²) in [7, 11) is 0. The molecule has 1 unspecified atom stereocenters. The SMILES string of the molecule is CC(Sc1ccc(Br)cn1)C(=O)Nc1cccc(F)c1. The number of pyridine rings is 1. The van der Waals surface area contributed by atoms with Crippen molar-refractivity contribution < 1.29 is 9.18 Å². The van der Waals surface area contributed by atoms with Gasteiger partial charge in [0.1, 0.15) is 5.82 Å². The van der Waals surface area contributed by atoms with Gasteiger partial charge in [-0.25, -0.2) is 9.37 Å². The highest BCUT2D eigenvalue weighted by atomic mass is 79.9. The van der Waals surface area contributed by atoms with E-state index in [9.17, 15) is 9.18 Å². The first kappa shape index (κ1) is 15.0. The molecule has 2 rings (SSSR count). The summed E-state index contributed by atoms with van der Waals surface area (Å²) in [6.45, 7) is 1.78. The van der Waals surface area contributed by atoms with Gasteiger partial charge in [-0.2, -0.15) is 0 Å². The zero-order valence-electron chi connectivity index (χ0n) is 10.6. The summed E-state index contributed by atoms with van der Waals surface area (Å²) in [5.74, 6) is -0.567. The number of nitrogens with zero attached hydrogens (tertiary/aromatic N) is 1. The van der Waals surface area contributed by atoms with Gasteiger partial charge in [0.15, 0.2) is 0 Å². The Hall–Kier alpha value is -1.40. The minimum Gasteiger partial charge on any atom is -0.325 e. The smallest absolute Gasteiger partial charge is 0.237 e. The van der Waals surface area contributed by atoms with E-state index < -0.39 is 0 Å². The number of carbonyl (C=O) groups is 1. The molecule has 1 atom stereocenters. The molecule has 0 aliphatic heterocycles. The Morgan fingerprint density at radius 1 is 1.40 bits per heavy atom. The van der Waals surface area contributed by atoms with E-state index in [1.165, 1.54) is 23.9 Å². The van der Waals surface area contributed by atoms with Crippen molar-refractivity contribution in [3.05, 3.63) is 52.9 Å². The van der Waals surface area contributed by atoms with Crippen molar-refractivity contribution in [1.82, 2.24) is 4.98 Å². The van der Waals surface area contributed by atoms with E-state index in [1.807, 2.05) is 12.1 Å². The molecule has 3 nitrogen and oxygen atoms in total. The lowest BCUT2D eigenvalue weighted by molar-refractivity contribution is -0.115. The Morgan fingerprint density at radius 2 is 2.20 bits per heavy atom. The third-order valence-corrected chi connectivity index (χ3v) is 3.98.